The van der Waals surface area contributed by atoms with Gasteiger partial charge in [0.25, 0.3) is 0 Å². The Morgan fingerprint density at radius 2 is 2.13 bits per heavy atom. The summed E-state index contributed by atoms with van der Waals surface area (Å²) in [6.45, 7) is 0.803. The first-order valence-electron chi connectivity index (χ1n) is 7.75. The van der Waals surface area contributed by atoms with Crippen LogP contribution in [0.4, 0.5) is 4.39 Å². The Kier molecular flexibility index (Phi) is 4.89. The largest absolute Gasteiger partial charge is 0.315 e. The Labute approximate surface area is 135 Å². The van der Waals surface area contributed by atoms with Crippen LogP contribution < -0.4 is 5.32 Å². The number of nitrogens with one attached hydrogen (secondary N) is 1. The minimum atomic E-state index is -3.72. The third-order valence-corrected chi connectivity index (χ3v) is 6.11. The molecule has 23 heavy (non-hydrogen) atoms. The van der Waals surface area contributed by atoms with Gasteiger partial charge < -0.3 is 5.32 Å². The van der Waals surface area contributed by atoms with Gasteiger partial charge in [0.1, 0.15) is 6.67 Å². The van der Waals surface area contributed by atoms with E-state index in [1.165, 1.54) is 4.31 Å². The molecule has 1 fully saturated rings. The van der Waals surface area contributed by atoms with Crippen molar-refractivity contribution in [3.8, 4) is 0 Å². The van der Waals surface area contributed by atoms with Gasteiger partial charge in [-0.3, -0.25) is 4.98 Å². The normalized spacial score (nSPS) is 21.0. The molecule has 0 spiro atoms. The molecule has 1 aliphatic rings. The van der Waals surface area contributed by atoms with Crippen LogP contribution in [0.2, 0.25) is 0 Å². The van der Waals surface area contributed by atoms with Crippen molar-refractivity contribution in [2.24, 2.45) is 0 Å². The first kappa shape index (κ1) is 16.3. The maximum atomic E-state index is 13.4. The average Bonchev–Trinajstić information content (AvgIpc) is 2.54. The lowest BCUT2D eigenvalue weighted by molar-refractivity contribution is 0.240. The van der Waals surface area contributed by atoms with Crippen molar-refractivity contribution >= 4 is 20.8 Å². The zero-order chi connectivity index (χ0) is 16.3. The molecule has 1 atom stereocenters. The highest BCUT2D eigenvalue weighted by Crippen LogP contribution is 2.24. The second kappa shape index (κ2) is 6.90. The van der Waals surface area contributed by atoms with Crippen molar-refractivity contribution in [3.63, 3.8) is 0 Å². The van der Waals surface area contributed by atoms with Crippen molar-refractivity contribution in [1.82, 2.24) is 14.6 Å². The first-order valence-corrected chi connectivity index (χ1v) is 9.19. The number of hydrogen-bond donors (Lipinski definition) is 1. The molecule has 5 nitrogen and oxygen atoms in total. The summed E-state index contributed by atoms with van der Waals surface area (Å²) in [5, 5.41) is 4.80. The van der Waals surface area contributed by atoms with Crippen LogP contribution in [-0.2, 0) is 10.0 Å². The second-order valence-corrected chi connectivity index (χ2v) is 7.61. The number of alkyl halides is 1. The summed E-state index contributed by atoms with van der Waals surface area (Å²) < 4.78 is 40.7. The fraction of sp³-hybridized carbons (Fsp3) is 0.438. The molecule has 1 aliphatic heterocycles. The van der Waals surface area contributed by atoms with Crippen LogP contribution in [0.15, 0.2) is 41.6 Å². The van der Waals surface area contributed by atoms with E-state index in [0.717, 1.165) is 30.2 Å². The molecule has 0 unspecified atom stereocenters. The summed E-state index contributed by atoms with van der Waals surface area (Å²) in [6, 6.07) is 6.06. The molecule has 0 amide bonds. The monoisotopic (exact) mass is 337 g/mol. The highest BCUT2D eigenvalue weighted by atomic mass is 32.2. The third-order valence-electron chi connectivity index (χ3n) is 4.17. The molecule has 3 rings (SSSR count). The van der Waals surface area contributed by atoms with E-state index in [1.54, 1.807) is 36.7 Å². The molecule has 1 aromatic carbocycles. The van der Waals surface area contributed by atoms with Crippen LogP contribution in [0.5, 0.6) is 0 Å². The smallest absolute Gasteiger partial charge is 0.243 e. The fourth-order valence-electron chi connectivity index (χ4n) is 2.88. The van der Waals surface area contributed by atoms with E-state index in [4.69, 9.17) is 0 Å². The van der Waals surface area contributed by atoms with Gasteiger partial charge in [0, 0.05) is 30.9 Å². The molecule has 2 heterocycles. The number of fused-ring (bicyclic) bond motifs is 1. The summed E-state index contributed by atoms with van der Waals surface area (Å²) in [5.74, 6) is 0. The van der Waals surface area contributed by atoms with Gasteiger partial charge in [-0.05, 0) is 43.0 Å². The summed E-state index contributed by atoms with van der Waals surface area (Å²) in [7, 11) is -3.72. The molecular formula is C16H20FN3O2S. The molecule has 1 N–H and O–H groups in total. The SMILES string of the molecule is O=S(=O)(c1ccc2cnccc2c1)N1CCCCNC[C@@H]1CF. The quantitative estimate of drug-likeness (QED) is 0.930. The number of hydrogen-bond acceptors (Lipinski definition) is 4. The molecule has 7 heteroatoms. The Bertz CT molecular complexity index is 782. The molecule has 0 bridgehead atoms. The lowest BCUT2D eigenvalue weighted by atomic mass is 10.2. The zero-order valence-electron chi connectivity index (χ0n) is 12.8. The molecule has 1 saturated heterocycles. The average molecular weight is 337 g/mol. The predicted octanol–water partition coefficient (Wildman–Crippen LogP) is 1.95. The van der Waals surface area contributed by atoms with Crippen molar-refractivity contribution < 1.29 is 12.8 Å². The summed E-state index contributed by atoms with van der Waals surface area (Å²) in [5.41, 5.74) is 0. The van der Waals surface area contributed by atoms with E-state index in [-0.39, 0.29) is 4.90 Å². The van der Waals surface area contributed by atoms with Gasteiger partial charge in [0.15, 0.2) is 0 Å². The number of halogens is 1. The Morgan fingerprint density at radius 3 is 2.96 bits per heavy atom. The molecule has 0 saturated carbocycles. The molecule has 0 radical (unpaired) electrons. The minimum absolute atomic E-state index is 0.204. The van der Waals surface area contributed by atoms with Gasteiger partial charge in [-0.2, -0.15) is 4.31 Å². The van der Waals surface area contributed by atoms with Crippen LogP contribution in [0.25, 0.3) is 10.8 Å². The van der Waals surface area contributed by atoms with Gasteiger partial charge in [0.05, 0.1) is 10.9 Å². The Morgan fingerprint density at radius 1 is 1.26 bits per heavy atom. The number of nitrogens with zero attached hydrogens (tertiary/aromatic N) is 2. The van der Waals surface area contributed by atoms with Gasteiger partial charge in [-0.25, -0.2) is 12.8 Å². The van der Waals surface area contributed by atoms with E-state index < -0.39 is 22.7 Å². The highest BCUT2D eigenvalue weighted by Gasteiger charge is 2.32. The number of benzene rings is 1. The van der Waals surface area contributed by atoms with Crippen molar-refractivity contribution in [1.29, 1.82) is 0 Å². The molecule has 1 aromatic heterocycles. The molecule has 124 valence electrons. The van der Waals surface area contributed by atoms with E-state index >= 15 is 0 Å². The van der Waals surface area contributed by atoms with E-state index in [0.29, 0.717) is 13.1 Å². The number of rotatable bonds is 3. The number of pyridine rings is 1. The first-order chi connectivity index (χ1) is 11.1. The predicted molar refractivity (Wildman–Crippen MR) is 87.5 cm³/mol. The topological polar surface area (TPSA) is 62.3 Å². The van der Waals surface area contributed by atoms with E-state index in [9.17, 15) is 12.8 Å². The second-order valence-electron chi connectivity index (χ2n) is 5.72. The van der Waals surface area contributed by atoms with Crippen LogP contribution in [-0.4, -0.2) is 50.1 Å². The van der Waals surface area contributed by atoms with Gasteiger partial charge >= 0.3 is 0 Å². The van der Waals surface area contributed by atoms with E-state index in [1.807, 2.05) is 0 Å². The van der Waals surface area contributed by atoms with Crippen molar-refractivity contribution in [2.45, 2.75) is 23.8 Å². The maximum absolute atomic E-state index is 13.4. The van der Waals surface area contributed by atoms with Crippen LogP contribution in [0.1, 0.15) is 12.8 Å². The Balaban J connectivity index is 1.99. The zero-order valence-corrected chi connectivity index (χ0v) is 13.6. The number of sulfonamides is 1. The lowest BCUT2D eigenvalue weighted by Crippen LogP contribution is -2.49. The maximum Gasteiger partial charge on any atom is 0.243 e. The van der Waals surface area contributed by atoms with Gasteiger partial charge in [-0.15, -0.1) is 0 Å². The van der Waals surface area contributed by atoms with Gasteiger partial charge in [-0.1, -0.05) is 6.07 Å². The summed E-state index contributed by atoms with van der Waals surface area (Å²) in [4.78, 5) is 4.23. The van der Waals surface area contributed by atoms with Crippen LogP contribution >= 0.6 is 0 Å². The standard InChI is InChI=1S/C16H20FN3O2S/c17-10-15-12-18-6-1-2-8-20(15)23(21,22)16-4-3-14-11-19-7-5-13(14)9-16/h3-5,7,9,11,15,18H,1-2,6,8,10,12H2/t15-/m0/s1. The third kappa shape index (κ3) is 3.36. The van der Waals surface area contributed by atoms with Crippen molar-refractivity contribution in [2.75, 3.05) is 26.3 Å². The summed E-state index contributed by atoms with van der Waals surface area (Å²) in [6.07, 6.45) is 4.92. The Hall–Kier alpha value is -1.57. The minimum Gasteiger partial charge on any atom is -0.315 e. The summed E-state index contributed by atoms with van der Waals surface area (Å²) >= 11 is 0. The molecular weight excluding hydrogens is 317 g/mol. The fourth-order valence-corrected chi connectivity index (χ4v) is 4.56. The van der Waals surface area contributed by atoms with Crippen LogP contribution in [0, 0.1) is 0 Å². The van der Waals surface area contributed by atoms with Gasteiger partial charge in [0.2, 0.25) is 10.0 Å². The van der Waals surface area contributed by atoms with E-state index in [2.05, 4.69) is 10.3 Å². The number of aromatic nitrogens is 1. The molecule has 2 aromatic rings. The van der Waals surface area contributed by atoms with Crippen LogP contribution in [0.3, 0.4) is 0 Å². The lowest BCUT2D eigenvalue weighted by Gasteiger charge is -2.31. The molecule has 0 aliphatic carbocycles. The highest BCUT2D eigenvalue weighted by molar-refractivity contribution is 7.89. The van der Waals surface area contributed by atoms with Crippen molar-refractivity contribution in [3.05, 3.63) is 36.7 Å².